The lowest BCUT2D eigenvalue weighted by Gasteiger charge is -2.18. The van der Waals surface area contributed by atoms with Crippen LogP contribution in [0.2, 0.25) is 0 Å². The van der Waals surface area contributed by atoms with Gasteiger partial charge in [-0.2, -0.15) is 0 Å². The molecule has 0 bridgehead atoms. The van der Waals surface area contributed by atoms with Crippen molar-refractivity contribution < 1.29 is 9.47 Å². The van der Waals surface area contributed by atoms with Crippen LogP contribution in [0.5, 0.6) is 17.2 Å². The van der Waals surface area contributed by atoms with Crippen LogP contribution in [0, 0.1) is 13.8 Å². The van der Waals surface area contributed by atoms with Gasteiger partial charge in [0.15, 0.2) is 0 Å². The molecule has 0 saturated heterocycles. The second-order valence-electron chi connectivity index (χ2n) is 5.13. The molecule has 1 atom stereocenters. The second kappa shape index (κ2) is 6.50. The minimum Gasteiger partial charge on any atom is -0.496 e. The van der Waals surface area contributed by atoms with Crippen LogP contribution in [0.15, 0.2) is 34.8 Å². The van der Waals surface area contributed by atoms with Crippen molar-refractivity contribution >= 4 is 15.9 Å². The van der Waals surface area contributed by atoms with Gasteiger partial charge in [-0.1, -0.05) is 22.0 Å². The molecule has 0 aromatic heterocycles. The van der Waals surface area contributed by atoms with Gasteiger partial charge in [-0.25, -0.2) is 0 Å². The zero-order valence-corrected chi connectivity index (χ0v) is 14.3. The second-order valence-corrected chi connectivity index (χ2v) is 5.93. The average Bonchev–Trinajstić information content (AvgIpc) is 2.44. The third kappa shape index (κ3) is 3.39. The maximum Gasteiger partial charge on any atom is 0.135 e. The lowest BCUT2D eigenvalue weighted by molar-refractivity contribution is 0.397. The predicted octanol–water partition coefficient (Wildman–Crippen LogP) is 4.89. The zero-order chi connectivity index (χ0) is 15.6. The average molecular weight is 350 g/mol. The lowest BCUT2D eigenvalue weighted by Crippen LogP contribution is -2.08. The van der Waals surface area contributed by atoms with Crippen LogP contribution in [0.4, 0.5) is 0 Å². The first kappa shape index (κ1) is 15.9. The highest BCUT2D eigenvalue weighted by atomic mass is 79.9. The third-order valence-corrected chi connectivity index (χ3v) is 4.59. The van der Waals surface area contributed by atoms with Crippen LogP contribution in [-0.2, 0) is 0 Å². The van der Waals surface area contributed by atoms with E-state index in [1.165, 1.54) is 0 Å². The normalized spacial score (nSPS) is 12.1. The number of hydrogen-bond acceptors (Lipinski definition) is 3. The van der Waals surface area contributed by atoms with E-state index in [0.29, 0.717) is 0 Å². The summed E-state index contributed by atoms with van der Waals surface area (Å²) in [5, 5.41) is 0. The van der Waals surface area contributed by atoms with Gasteiger partial charge in [0.05, 0.1) is 12.7 Å². The number of benzene rings is 2. The molecule has 0 fully saturated rings. The SMILES string of the molecule is COc1cccc(Oc2cc(C)c(Br)c(C)c2)c1[C@@H](C)N. The van der Waals surface area contributed by atoms with E-state index in [1.54, 1.807) is 7.11 Å². The minimum atomic E-state index is -0.172. The number of methoxy groups -OCH3 is 1. The summed E-state index contributed by atoms with van der Waals surface area (Å²) in [6.45, 7) is 6.01. The Morgan fingerprint density at radius 1 is 1.10 bits per heavy atom. The van der Waals surface area contributed by atoms with Crippen molar-refractivity contribution in [2.24, 2.45) is 5.73 Å². The number of rotatable bonds is 4. The summed E-state index contributed by atoms with van der Waals surface area (Å²) in [7, 11) is 1.64. The number of halogens is 1. The smallest absolute Gasteiger partial charge is 0.135 e. The van der Waals surface area contributed by atoms with E-state index in [9.17, 15) is 0 Å². The highest BCUT2D eigenvalue weighted by Gasteiger charge is 2.15. The van der Waals surface area contributed by atoms with Gasteiger partial charge in [0, 0.05) is 10.5 Å². The molecular weight excluding hydrogens is 330 g/mol. The number of ether oxygens (including phenoxy) is 2. The van der Waals surface area contributed by atoms with E-state index in [-0.39, 0.29) is 6.04 Å². The van der Waals surface area contributed by atoms with Crippen molar-refractivity contribution in [2.75, 3.05) is 7.11 Å². The van der Waals surface area contributed by atoms with Gasteiger partial charge in [-0.3, -0.25) is 0 Å². The fraction of sp³-hybridized carbons (Fsp3) is 0.294. The van der Waals surface area contributed by atoms with Crippen molar-refractivity contribution in [2.45, 2.75) is 26.8 Å². The number of aryl methyl sites for hydroxylation is 2. The molecule has 0 amide bonds. The van der Waals surface area contributed by atoms with Gasteiger partial charge in [0.2, 0.25) is 0 Å². The molecule has 2 aromatic rings. The minimum absolute atomic E-state index is 0.172. The Morgan fingerprint density at radius 2 is 1.67 bits per heavy atom. The summed E-state index contributed by atoms with van der Waals surface area (Å²) in [5.74, 6) is 2.27. The summed E-state index contributed by atoms with van der Waals surface area (Å²) < 4.78 is 12.5. The van der Waals surface area contributed by atoms with E-state index in [4.69, 9.17) is 15.2 Å². The summed E-state index contributed by atoms with van der Waals surface area (Å²) >= 11 is 3.56. The van der Waals surface area contributed by atoms with Crippen molar-refractivity contribution in [1.82, 2.24) is 0 Å². The van der Waals surface area contributed by atoms with Crippen molar-refractivity contribution in [1.29, 1.82) is 0 Å². The maximum absolute atomic E-state index is 6.06. The van der Waals surface area contributed by atoms with Crippen LogP contribution in [0.1, 0.15) is 29.7 Å². The van der Waals surface area contributed by atoms with E-state index >= 15 is 0 Å². The molecule has 0 saturated carbocycles. The molecule has 21 heavy (non-hydrogen) atoms. The largest absolute Gasteiger partial charge is 0.496 e. The summed E-state index contributed by atoms with van der Waals surface area (Å²) in [5.41, 5.74) is 9.20. The molecule has 0 radical (unpaired) electrons. The molecule has 0 aliphatic rings. The molecule has 2 rings (SSSR count). The third-order valence-electron chi connectivity index (χ3n) is 3.34. The predicted molar refractivity (Wildman–Crippen MR) is 89.3 cm³/mol. The first-order valence-corrected chi connectivity index (χ1v) is 7.60. The topological polar surface area (TPSA) is 44.5 Å². The van der Waals surface area contributed by atoms with Gasteiger partial charge < -0.3 is 15.2 Å². The Labute approximate surface area is 134 Å². The zero-order valence-electron chi connectivity index (χ0n) is 12.7. The van der Waals surface area contributed by atoms with Crippen molar-refractivity contribution in [3.63, 3.8) is 0 Å². The Morgan fingerprint density at radius 3 is 2.19 bits per heavy atom. The first-order valence-electron chi connectivity index (χ1n) is 6.81. The first-order chi connectivity index (χ1) is 9.93. The molecular formula is C17H20BrNO2. The Bertz CT molecular complexity index is 630. The van der Waals surface area contributed by atoms with Crippen LogP contribution < -0.4 is 15.2 Å². The summed E-state index contributed by atoms with van der Waals surface area (Å²) in [6.07, 6.45) is 0. The van der Waals surface area contributed by atoms with E-state index in [0.717, 1.165) is 38.4 Å². The van der Waals surface area contributed by atoms with Crippen LogP contribution in [0.3, 0.4) is 0 Å². The fourth-order valence-electron chi connectivity index (χ4n) is 2.33. The molecule has 2 N–H and O–H groups in total. The molecule has 0 aliphatic heterocycles. The fourth-order valence-corrected chi connectivity index (χ4v) is 2.56. The Hall–Kier alpha value is -1.52. The van der Waals surface area contributed by atoms with E-state index in [1.807, 2.05) is 51.1 Å². The quantitative estimate of drug-likeness (QED) is 0.854. The Kier molecular flexibility index (Phi) is 4.91. The lowest BCUT2D eigenvalue weighted by atomic mass is 10.1. The van der Waals surface area contributed by atoms with E-state index < -0.39 is 0 Å². The molecule has 112 valence electrons. The van der Waals surface area contributed by atoms with Crippen LogP contribution in [0.25, 0.3) is 0 Å². The molecule has 0 aliphatic carbocycles. The van der Waals surface area contributed by atoms with Crippen molar-refractivity contribution in [3.05, 3.63) is 51.5 Å². The molecule has 0 heterocycles. The van der Waals surface area contributed by atoms with E-state index in [2.05, 4.69) is 15.9 Å². The molecule has 4 heteroatoms. The maximum atomic E-state index is 6.06. The van der Waals surface area contributed by atoms with Gasteiger partial charge in [0.25, 0.3) is 0 Å². The summed E-state index contributed by atoms with van der Waals surface area (Å²) in [6, 6.07) is 9.54. The monoisotopic (exact) mass is 349 g/mol. The highest BCUT2D eigenvalue weighted by molar-refractivity contribution is 9.10. The Balaban J connectivity index is 2.44. The highest BCUT2D eigenvalue weighted by Crippen LogP contribution is 2.37. The van der Waals surface area contributed by atoms with Gasteiger partial charge in [-0.15, -0.1) is 0 Å². The van der Waals surface area contributed by atoms with Gasteiger partial charge >= 0.3 is 0 Å². The van der Waals surface area contributed by atoms with Gasteiger partial charge in [0.1, 0.15) is 17.2 Å². The number of hydrogen-bond donors (Lipinski definition) is 1. The van der Waals surface area contributed by atoms with Crippen molar-refractivity contribution in [3.8, 4) is 17.2 Å². The van der Waals surface area contributed by atoms with Crippen LogP contribution in [-0.4, -0.2) is 7.11 Å². The molecule has 2 aromatic carbocycles. The molecule has 0 unspecified atom stereocenters. The summed E-state index contributed by atoms with van der Waals surface area (Å²) in [4.78, 5) is 0. The molecule has 0 spiro atoms. The van der Waals surface area contributed by atoms with Gasteiger partial charge in [-0.05, 0) is 56.2 Å². The standard InChI is InChI=1S/C17H20BrNO2/c1-10-8-13(9-11(2)17(10)18)21-15-7-5-6-14(20-4)16(15)12(3)19/h5-9,12H,19H2,1-4H3/t12-/m1/s1. The molecule has 3 nitrogen and oxygen atoms in total. The number of nitrogens with two attached hydrogens (primary N) is 1. The van der Waals surface area contributed by atoms with Crippen LogP contribution >= 0.6 is 15.9 Å².